The van der Waals surface area contributed by atoms with Crippen LogP contribution in [0.15, 0.2) is 78.1 Å². The molecule has 1 fully saturated rings. The number of aliphatic hydroxyl groups is 1. The first-order valence-corrected chi connectivity index (χ1v) is 18.1. The predicted molar refractivity (Wildman–Crippen MR) is 199 cm³/mol. The Balaban J connectivity index is 1.11. The number of carbonyl (C=O) groups excluding carboxylic acids is 1. The summed E-state index contributed by atoms with van der Waals surface area (Å²) in [4.78, 5) is 15.9. The van der Waals surface area contributed by atoms with Gasteiger partial charge in [-0.25, -0.2) is 0 Å². The normalized spacial score (nSPS) is 19.7. The van der Waals surface area contributed by atoms with Gasteiger partial charge in [-0.2, -0.15) is 5.26 Å². The van der Waals surface area contributed by atoms with Crippen LogP contribution < -0.4 is 14.2 Å². The van der Waals surface area contributed by atoms with Crippen LogP contribution in [0, 0.1) is 42.9 Å². The third-order valence-corrected chi connectivity index (χ3v) is 10.9. The highest BCUT2D eigenvalue weighted by molar-refractivity contribution is 6.32. The summed E-state index contributed by atoms with van der Waals surface area (Å²) in [5.41, 5.74) is 9.90. The highest BCUT2D eigenvalue weighted by Crippen LogP contribution is 2.52. The van der Waals surface area contributed by atoms with Crippen LogP contribution in [0.5, 0.6) is 17.2 Å². The van der Waals surface area contributed by atoms with Crippen molar-refractivity contribution in [3.63, 3.8) is 0 Å². The number of aliphatic hydroxyl groups excluding tert-OH is 1. The Morgan fingerprint density at radius 3 is 2.47 bits per heavy atom. The molecule has 0 saturated heterocycles. The zero-order chi connectivity index (χ0) is 36.1. The number of aromatic nitrogens is 1. The van der Waals surface area contributed by atoms with Crippen LogP contribution in [0.3, 0.4) is 0 Å². The summed E-state index contributed by atoms with van der Waals surface area (Å²) in [6, 6.07) is 19.3. The van der Waals surface area contributed by atoms with Gasteiger partial charge in [-0.3, -0.25) is 9.78 Å². The van der Waals surface area contributed by atoms with Crippen LogP contribution in [-0.2, 0) is 13.2 Å². The molecule has 4 aromatic rings. The Morgan fingerprint density at radius 1 is 0.922 bits per heavy atom. The van der Waals surface area contributed by atoms with E-state index in [1.807, 2.05) is 24.3 Å². The van der Waals surface area contributed by atoms with E-state index in [2.05, 4.69) is 50.9 Å². The molecule has 0 radical (unpaired) electrons. The molecule has 1 saturated carbocycles. The number of nitriles is 1. The maximum absolute atomic E-state index is 11.8. The largest absolute Gasteiger partial charge is 0.493 e. The van der Waals surface area contributed by atoms with Gasteiger partial charge in [-0.15, -0.1) is 0 Å². The number of nitrogens with zero attached hydrogens (tertiary/aromatic N) is 2. The van der Waals surface area contributed by atoms with Gasteiger partial charge in [0.2, 0.25) is 0 Å². The number of hydrogen-bond donors (Lipinski definition) is 1. The van der Waals surface area contributed by atoms with E-state index in [1.165, 1.54) is 24.3 Å². The number of rotatable bonds is 13. The molecule has 0 amide bonds. The number of hydrogen-bond acceptors (Lipinski definition) is 7. The third-order valence-electron chi connectivity index (χ3n) is 10.6. The second-order valence-corrected chi connectivity index (χ2v) is 14.4. The van der Waals surface area contributed by atoms with E-state index in [4.69, 9.17) is 25.8 Å². The molecule has 7 nitrogen and oxygen atoms in total. The van der Waals surface area contributed by atoms with Crippen molar-refractivity contribution in [2.45, 2.75) is 79.1 Å². The fourth-order valence-corrected chi connectivity index (χ4v) is 7.64. The summed E-state index contributed by atoms with van der Waals surface area (Å²) in [7, 11) is 0. The molecule has 0 spiro atoms. The van der Waals surface area contributed by atoms with Crippen LogP contribution in [0.25, 0.3) is 11.1 Å². The van der Waals surface area contributed by atoms with E-state index in [9.17, 15) is 15.2 Å². The second-order valence-electron chi connectivity index (χ2n) is 14.0. The number of allylic oxidation sites excluding steroid dienone is 2. The maximum atomic E-state index is 11.8. The summed E-state index contributed by atoms with van der Waals surface area (Å²) in [5.74, 6) is 3.33. The lowest BCUT2D eigenvalue weighted by molar-refractivity contribution is 0.111. The molecule has 6 rings (SSSR count). The molecule has 0 bridgehead atoms. The van der Waals surface area contributed by atoms with Gasteiger partial charge in [0.1, 0.15) is 36.5 Å². The highest BCUT2D eigenvalue weighted by atomic mass is 35.5. The minimum absolute atomic E-state index is 0.122. The first-order valence-electron chi connectivity index (χ1n) is 17.7. The van der Waals surface area contributed by atoms with Crippen LogP contribution in [0.1, 0.15) is 84.1 Å². The van der Waals surface area contributed by atoms with E-state index in [0.717, 1.165) is 59.3 Å². The molecule has 8 heteroatoms. The Bertz CT molecular complexity index is 1980. The molecule has 1 heterocycles. The molecule has 2 aliphatic carbocycles. The summed E-state index contributed by atoms with van der Waals surface area (Å²) in [6.45, 7) is 9.76. The Morgan fingerprint density at radius 2 is 1.69 bits per heavy atom. The molecular formula is C43H45ClN2O5. The molecule has 1 aromatic heterocycles. The Hall–Kier alpha value is -4.64. The van der Waals surface area contributed by atoms with Crippen molar-refractivity contribution in [3.05, 3.63) is 117 Å². The molecule has 1 N–H and O–H groups in total. The Labute approximate surface area is 305 Å². The van der Waals surface area contributed by atoms with E-state index in [0.29, 0.717) is 63.9 Å². The zero-order valence-electron chi connectivity index (χ0n) is 29.7. The smallest absolute Gasteiger partial charge is 0.153 e. The van der Waals surface area contributed by atoms with Crippen molar-refractivity contribution in [1.82, 2.24) is 4.98 Å². The average Bonchev–Trinajstić information content (AvgIpc) is 3.88. The SMILES string of the molecule is CC1=C(CCCOc2cccc(-c3cccc(COc4cc(OCc5cncc(C#N)c5)c(C=O)cc4Cl)c3C)c2C)C2C[C@@H]2CC(O)C[C@H]1C. The van der Waals surface area contributed by atoms with Gasteiger partial charge >= 0.3 is 0 Å². The quantitative estimate of drug-likeness (QED) is 0.0840. The van der Waals surface area contributed by atoms with Gasteiger partial charge < -0.3 is 19.3 Å². The molecule has 2 unspecified atom stereocenters. The van der Waals surface area contributed by atoms with Crippen LogP contribution in [-0.4, -0.2) is 29.1 Å². The average molecular weight is 705 g/mol. The second kappa shape index (κ2) is 16.1. The molecular weight excluding hydrogens is 660 g/mol. The lowest BCUT2D eigenvalue weighted by Crippen LogP contribution is -2.17. The van der Waals surface area contributed by atoms with Gasteiger partial charge in [-0.05, 0) is 117 Å². The number of carbonyl (C=O) groups is 1. The van der Waals surface area contributed by atoms with Gasteiger partial charge in [-0.1, -0.05) is 60.0 Å². The van der Waals surface area contributed by atoms with E-state index in [1.54, 1.807) is 23.9 Å². The lowest BCUT2D eigenvalue weighted by atomic mass is 9.84. The fourth-order valence-electron chi connectivity index (χ4n) is 7.42. The minimum atomic E-state index is -0.166. The monoisotopic (exact) mass is 704 g/mol. The van der Waals surface area contributed by atoms with E-state index < -0.39 is 0 Å². The van der Waals surface area contributed by atoms with E-state index >= 15 is 0 Å². The van der Waals surface area contributed by atoms with Crippen molar-refractivity contribution in [1.29, 1.82) is 5.26 Å². The van der Waals surface area contributed by atoms with Gasteiger partial charge in [0.25, 0.3) is 0 Å². The number of fused-ring (bicyclic) bond motifs is 1. The summed E-state index contributed by atoms with van der Waals surface area (Å²) in [5, 5.41) is 19.9. The molecule has 264 valence electrons. The van der Waals surface area contributed by atoms with Gasteiger partial charge in [0.05, 0.1) is 28.9 Å². The van der Waals surface area contributed by atoms with Gasteiger partial charge in [0, 0.05) is 24.0 Å². The summed E-state index contributed by atoms with van der Waals surface area (Å²) < 4.78 is 18.5. The van der Waals surface area contributed by atoms with Gasteiger partial charge in [0.15, 0.2) is 6.29 Å². The summed E-state index contributed by atoms with van der Waals surface area (Å²) in [6.07, 6.45) is 8.67. The highest BCUT2D eigenvalue weighted by Gasteiger charge is 2.43. The minimum Gasteiger partial charge on any atom is -0.493 e. The number of ether oxygens (including phenoxy) is 3. The number of pyridine rings is 1. The van der Waals surface area contributed by atoms with Crippen LogP contribution in [0.4, 0.5) is 0 Å². The fraction of sp³-hybridized carbons (Fsp3) is 0.372. The molecule has 51 heavy (non-hydrogen) atoms. The molecule has 4 atom stereocenters. The van der Waals surface area contributed by atoms with Crippen molar-refractivity contribution < 1.29 is 24.1 Å². The third kappa shape index (κ3) is 8.47. The number of aldehydes is 1. The van der Waals surface area contributed by atoms with Crippen LogP contribution in [0.2, 0.25) is 5.02 Å². The predicted octanol–water partition coefficient (Wildman–Crippen LogP) is 9.76. The van der Waals surface area contributed by atoms with Crippen molar-refractivity contribution in [2.75, 3.05) is 6.61 Å². The van der Waals surface area contributed by atoms with Crippen molar-refractivity contribution in [2.24, 2.45) is 17.8 Å². The van der Waals surface area contributed by atoms with E-state index in [-0.39, 0.29) is 19.3 Å². The standard InChI is InChI=1S/C43H45ClN2O5/c1-26-14-35(48)16-33-17-39(33)36(27(26)2)11-7-13-49-41-12-6-10-38(29(41)4)37-9-5-8-32(28(37)3)25-51-43-19-42(34(23-47)18-40(43)44)50-24-31-15-30(20-45)21-46-22-31/h5-6,8-10,12,15,18-19,21-23,26,33,35,39,48H,7,11,13-14,16-17,24-25H2,1-4H3/t26-,33+,35?,39?/m1/s1. The number of halogens is 1. The Kier molecular flexibility index (Phi) is 11.4. The van der Waals surface area contributed by atoms with Crippen LogP contribution >= 0.6 is 11.6 Å². The van der Waals surface area contributed by atoms with Crippen molar-refractivity contribution in [3.8, 4) is 34.4 Å². The number of benzene rings is 3. The summed E-state index contributed by atoms with van der Waals surface area (Å²) >= 11 is 6.54. The topological polar surface area (TPSA) is 102 Å². The molecule has 3 aromatic carbocycles. The zero-order valence-corrected chi connectivity index (χ0v) is 30.5. The maximum Gasteiger partial charge on any atom is 0.153 e. The first-order chi connectivity index (χ1) is 24.7. The lowest BCUT2D eigenvalue weighted by Gasteiger charge is -2.24. The molecule has 2 aliphatic rings. The molecule has 0 aliphatic heterocycles. The van der Waals surface area contributed by atoms with Crippen molar-refractivity contribution >= 4 is 17.9 Å². The first kappa shape index (κ1) is 36.2.